The SMILES string of the molecule is COc1ccc([P@@](C2CCCC2)C2CCCC2[C@@H](C)N(C)C)cc1. The summed E-state index contributed by atoms with van der Waals surface area (Å²) in [7, 11) is 6.22. The first-order valence-corrected chi connectivity index (χ1v) is 11.2. The zero-order valence-corrected chi connectivity index (χ0v) is 16.8. The van der Waals surface area contributed by atoms with E-state index in [9.17, 15) is 0 Å². The molecule has 0 bridgehead atoms. The number of ether oxygens (including phenoxy) is 1. The third-order valence-electron chi connectivity index (χ3n) is 6.41. The van der Waals surface area contributed by atoms with E-state index in [4.69, 9.17) is 4.74 Å². The monoisotopic (exact) mass is 347 g/mol. The van der Waals surface area contributed by atoms with Crippen molar-refractivity contribution in [1.29, 1.82) is 0 Å². The molecule has 2 saturated carbocycles. The third kappa shape index (κ3) is 3.81. The standard InChI is InChI=1S/C21H34NOP/c1-16(22(2)3)20-10-7-11-21(20)24(18-8-5-6-9-18)19-14-12-17(23-4)13-15-19/h12-16,18,20-21H,5-11H2,1-4H3/t16-,20?,21?,24-/m1/s1. The Labute approximate surface area is 149 Å². The van der Waals surface area contributed by atoms with Crippen molar-refractivity contribution in [3.05, 3.63) is 24.3 Å². The molecule has 1 aromatic carbocycles. The van der Waals surface area contributed by atoms with Gasteiger partial charge < -0.3 is 9.64 Å². The smallest absolute Gasteiger partial charge is 0.118 e. The number of benzene rings is 1. The van der Waals surface area contributed by atoms with Crippen molar-refractivity contribution in [2.24, 2.45) is 5.92 Å². The van der Waals surface area contributed by atoms with E-state index in [0.717, 1.165) is 23.0 Å². The highest BCUT2D eigenvalue weighted by atomic mass is 31.1. The van der Waals surface area contributed by atoms with Gasteiger partial charge in [-0.1, -0.05) is 39.3 Å². The molecule has 2 nitrogen and oxygen atoms in total. The minimum Gasteiger partial charge on any atom is -0.497 e. The van der Waals surface area contributed by atoms with Gasteiger partial charge in [-0.2, -0.15) is 0 Å². The highest BCUT2D eigenvalue weighted by molar-refractivity contribution is 7.67. The Hall–Kier alpha value is -0.590. The Morgan fingerprint density at radius 3 is 2.25 bits per heavy atom. The fraction of sp³-hybridized carbons (Fsp3) is 0.714. The molecule has 24 heavy (non-hydrogen) atoms. The van der Waals surface area contributed by atoms with Gasteiger partial charge in [-0.05, 0) is 81.4 Å². The molecule has 3 heteroatoms. The second-order valence-corrected chi connectivity index (χ2v) is 10.6. The lowest BCUT2D eigenvalue weighted by atomic mass is 9.98. The topological polar surface area (TPSA) is 12.5 Å². The van der Waals surface area contributed by atoms with Crippen LogP contribution >= 0.6 is 7.92 Å². The van der Waals surface area contributed by atoms with Crippen LogP contribution in [-0.4, -0.2) is 43.5 Å². The summed E-state index contributed by atoms with van der Waals surface area (Å²) in [5, 5.41) is 1.63. The van der Waals surface area contributed by atoms with E-state index in [0.29, 0.717) is 6.04 Å². The molecule has 2 aliphatic rings. The fourth-order valence-corrected chi connectivity index (χ4v) is 8.90. The van der Waals surface area contributed by atoms with Gasteiger partial charge in [0.1, 0.15) is 5.75 Å². The van der Waals surface area contributed by atoms with Gasteiger partial charge in [-0.25, -0.2) is 0 Å². The number of rotatable bonds is 6. The Kier molecular flexibility index (Phi) is 6.22. The minimum absolute atomic E-state index is 0.0542. The van der Waals surface area contributed by atoms with Crippen molar-refractivity contribution < 1.29 is 4.74 Å². The molecular formula is C21H34NOP. The molecule has 2 fully saturated rings. The van der Waals surface area contributed by atoms with Crippen molar-refractivity contribution in [2.45, 2.75) is 69.2 Å². The van der Waals surface area contributed by atoms with Gasteiger partial charge in [0.15, 0.2) is 0 Å². The summed E-state index contributed by atoms with van der Waals surface area (Å²) in [6.07, 6.45) is 10.1. The summed E-state index contributed by atoms with van der Waals surface area (Å²) >= 11 is 0. The molecular weight excluding hydrogens is 313 g/mol. The van der Waals surface area contributed by atoms with Crippen LogP contribution in [0.3, 0.4) is 0 Å². The summed E-state index contributed by atoms with van der Waals surface area (Å²) in [5.41, 5.74) is 1.86. The molecule has 0 aromatic heterocycles. The lowest BCUT2D eigenvalue weighted by Gasteiger charge is -2.38. The van der Waals surface area contributed by atoms with Gasteiger partial charge >= 0.3 is 0 Å². The molecule has 2 unspecified atom stereocenters. The Bertz CT molecular complexity index is 509. The van der Waals surface area contributed by atoms with Crippen LogP contribution in [0.15, 0.2) is 24.3 Å². The van der Waals surface area contributed by atoms with E-state index in [1.807, 2.05) is 0 Å². The summed E-state index contributed by atoms with van der Waals surface area (Å²) in [5.74, 6) is 1.86. The second-order valence-electron chi connectivity index (χ2n) is 7.91. The molecule has 0 heterocycles. The van der Waals surface area contributed by atoms with Crippen molar-refractivity contribution in [2.75, 3.05) is 21.2 Å². The summed E-state index contributed by atoms with van der Waals surface area (Å²) in [6, 6.07) is 9.80. The maximum Gasteiger partial charge on any atom is 0.118 e. The Morgan fingerprint density at radius 2 is 1.67 bits per heavy atom. The van der Waals surface area contributed by atoms with Crippen LogP contribution in [0.4, 0.5) is 0 Å². The number of nitrogens with zero attached hydrogens (tertiary/aromatic N) is 1. The normalized spacial score (nSPS) is 27.5. The van der Waals surface area contributed by atoms with Gasteiger partial charge in [0, 0.05) is 6.04 Å². The number of hydrogen-bond acceptors (Lipinski definition) is 2. The van der Waals surface area contributed by atoms with Gasteiger partial charge in [-0.15, -0.1) is 0 Å². The predicted molar refractivity (Wildman–Crippen MR) is 106 cm³/mol. The van der Waals surface area contributed by atoms with Gasteiger partial charge in [0.25, 0.3) is 0 Å². The molecule has 0 amide bonds. The molecule has 0 spiro atoms. The van der Waals surface area contributed by atoms with E-state index >= 15 is 0 Å². The van der Waals surface area contributed by atoms with Crippen molar-refractivity contribution in [1.82, 2.24) is 4.90 Å². The Balaban J connectivity index is 1.88. The zero-order chi connectivity index (χ0) is 17.1. The predicted octanol–water partition coefficient (Wildman–Crippen LogP) is 4.86. The maximum absolute atomic E-state index is 5.39. The average molecular weight is 347 g/mol. The molecule has 0 N–H and O–H groups in total. The van der Waals surface area contributed by atoms with Gasteiger partial charge in [0.05, 0.1) is 7.11 Å². The first-order chi connectivity index (χ1) is 11.6. The first-order valence-electron chi connectivity index (χ1n) is 9.70. The van der Waals surface area contributed by atoms with Crippen LogP contribution in [0.1, 0.15) is 51.9 Å². The third-order valence-corrected chi connectivity index (χ3v) is 9.97. The molecule has 134 valence electrons. The summed E-state index contributed by atoms with van der Waals surface area (Å²) < 4.78 is 5.39. The van der Waals surface area contributed by atoms with Crippen LogP contribution in [0, 0.1) is 5.92 Å². The van der Waals surface area contributed by atoms with Crippen LogP contribution in [-0.2, 0) is 0 Å². The molecule has 2 aliphatic carbocycles. The van der Waals surface area contributed by atoms with E-state index in [2.05, 4.69) is 50.2 Å². The molecule has 4 atom stereocenters. The average Bonchev–Trinajstić information content (AvgIpc) is 3.27. The zero-order valence-electron chi connectivity index (χ0n) is 15.9. The van der Waals surface area contributed by atoms with Crippen molar-refractivity contribution >= 4 is 13.2 Å². The maximum atomic E-state index is 5.39. The first kappa shape index (κ1) is 18.2. The van der Waals surface area contributed by atoms with E-state index in [-0.39, 0.29) is 7.92 Å². The Morgan fingerprint density at radius 1 is 1.00 bits per heavy atom. The van der Waals surface area contributed by atoms with Crippen molar-refractivity contribution in [3.63, 3.8) is 0 Å². The lowest BCUT2D eigenvalue weighted by molar-refractivity contribution is 0.232. The second kappa shape index (κ2) is 8.19. The van der Waals surface area contributed by atoms with Crippen molar-refractivity contribution in [3.8, 4) is 5.75 Å². The minimum atomic E-state index is -0.0542. The van der Waals surface area contributed by atoms with Gasteiger partial charge in [-0.3, -0.25) is 0 Å². The highest BCUT2D eigenvalue weighted by Gasteiger charge is 2.41. The van der Waals surface area contributed by atoms with Gasteiger partial charge in [0.2, 0.25) is 0 Å². The fourth-order valence-electron chi connectivity index (χ4n) is 4.87. The largest absolute Gasteiger partial charge is 0.497 e. The van der Waals surface area contributed by atoms with E-state index in [1.165, 1.54) is 44.9 Å². The van der Waals surface area contributed by atoms with Crippen LogP contribution < -0.4 is 10.0 Å². The molecule has 1 aromatic rings. The lowest BCUT2D eigenvalue weighted by Crippen LogP contribution is -2.37. The molecule has 0 saturated heterocycles. The number of methoxy groups -OCH3 is 1. The van der Waals surface area contributed by atoms with Crippen LogP contribution in [0.2, 0.25) is 0 Å². The molecule has 0 aliphatic heterocycles. The van der Waals surface area contributed by atoms with E-state index in [1.54, 1.807) is 12.4 Å². The summed E-state index contributed by atoms with van der Waals surface area (Å²) in [4.78, 5) is 2.44. The molecule has 3 rings (SSSR count). The summed E-state index contributed by atoms with van der Waals surface area (Å²) in [6.45, 7) is 2.44. The van der Waals surface area contributed by atoms with E-state index < -0.39 is 0 Å². The molecule has 0 radical (unpaired) electrons. The quantitative estimate of drug-likeness (QED) is 0.681. The highest BCUT2D eigenvalue weighted by Crippen LogP contribution is 2.58. The van der Waals surface area contributed by atoms with Crippen LogP contribution in [0.5, 0.6) is 5.75 Å². The van der Waals surface area contributed by atoms with Crippen LogP contribution in [0.25, 0.3) is 0 Å². The number of hydrogen-bond donors (Lipinski definition) is 0.